The highest BCUT2D eigenvalue weighted by Gasteiger charge is 2.25. The quantitative estimate of drug-likeness (QED) is 0.632. The van der Waals surface area contributed by atoms with E-state index in [0.717, 1.165) is 24.7 Å². The SMILES string of the molecule is CCc1ccc(CC(NN)C2CCC(C)CC2)s1. The lowest BCUT2D eigenvalue weighted by molar-refractivity contribution is 0.230. The topological polar surface area (TPSA) is 38.0 Å². The van der Waals surface area contributed by atoms with Crippen molar-refractivity contribution in [3.63, 3.8) is 0 Å². The van der Waals surface area contributed by atoms with E-state index in [-0.39, 0.29) is 0 Å². The van der Waals surface area contributed by atoms with E-state index in [1.807, 2.05) is 11.3 Å². The van der Waals surface area contributed by atoms with Gasteiger partial charge in [-0.15, -0.1) is 11.3 Å². The van der Waals surface area contributed by atoms with Crippen LogP contribution < -0.4 is 11.3 Å². The van der Waals surface area contributed by atoms with E-state index in [4.69, 9.17) is 5.84 Å². The minimum absolute atomic E-state index is 0.459. The summed E-state index contributed by atoms with van der Waals surface area (Å²) in [6, 6.07) is 5.00. The van der Waals surface area contributed by atoms with E-state index in [0.29, 0.717) is 6.04 Å². The van der Waals surface area contributed by atoms with Crippen molar-refractivity contribution in [1.82, 2.24) is 5.43 Å². The van der Waals surface area contributed by atoms with Gasteiger partial charge in [0.15, 0.2) is 0 Å². The largest absolute Gasteiger partial charge is 0.271 e. The second-order valence-corrected chi connectivity index (χ2v) is 6.97. The smallest absolute Gasteiger partial charge is 0.0287 e. The maximum absolute atomic E-state index is 5.78. The zero-order chi connectivity index (χ0) is 13.0. The summed E-state index contributed by atoms with van der Waals surface area (Å²) in [7, 11) is 0. The number of hydrogen-bond donors (Lipinski definition) is 2. The average Bonchev–Trinajstić information content (AvgIpc) is 2.85. The standard InChI is InChI=1S/C15H26N2S/c1-3-13-8-9-14(18-13)10-15(17-16)12-6-4-11(2)5-7-12/h8-9,11-12,15,17H,3-7,10,16H2,1-2H3. The van der Waals surface area contributed by atoms with Crippen LogP contribution in [0.2, 0.25) is 0 Å². The van der Waals surface area contributed by atoms with Gasteiger partial charge in [-0.2, -0.15) is 0 Å². The van der Waals surface area contributed by atoms with Crippen LogP contribution in [0.25, 0.3) is 0 Å². The Morgan fingerprint density at radius 1 is 1.28 bits per heavy atom. The molecule has 1 aromatic rings. The van der Waals surface area contributed by atoms with Gasteiger partial charge in [0.25, 0.3) is 0 Å². The normalized spacial score (nSPS) is 26.2. The molecule has 0 aromatic carbocycles. The van der Waals surface area contributed by atoms with Crippen molar-refractivity contribution in [2.45, 2.75) is 58.4 Å². The second kappa shape index (κ2) is 6.69. The predicted octanol–water partition coefficient (Wildman–Crippen LogP) is 3.51. The number of aryl methyl sites for hydroxylation is 1. The Balaban J connectivity index is 1.92. The highest BCUT2D eigenvalue weighted by atomic mass is 32.1. The van der Waals surface area contributed by atoms with Crippen molar-refractivity contribution in [3.8, 4) is 0 Å². The van der Waals surface area contributed by atoms with Crippen LogP contribution in [-0.2, 0) is 12.8 Å². The van der Waals surface area contributed by atoms with Gasteiger partial charge in [-0.3, -0.25) is 11.3 Å². The van der Waals surface area contributed by atoms with E-state index in [2.05, 4.69) is 31.4 Å². The lowest BCUT2D eigenvalue weighted by atomic mass is 9.78. The first kappa shape index (κ1) is 14.0. The summed E-state index contributed by atoms with van der Waals surface area (Å²) < 4.78 is 0. The number of rotatable bonds is 5. The first-order valence-electron chi connectivity index (χ1n) is 7.26. The molecule has 0 amide bonds. The molecule has 3 heteroatoms. The van der Waals surface area contributed by atoms with Gasteiger partial charge in [0, 0.05) is 15.8 Å². The molecule has 1 aliphatic rings. The highest BCUT2D eigenvalue weighted by Crippen LogP contribution is 2.32. The van der Waals surface area contributed by atoms with Gasteiger partial charge in [-0.1, -0.05) is 26.7 Å². The summed E-state index contributed by atoms with van der Waals surface area (Å²) in [6.45, 7) is 4.59. The zero-order valence-electron chi connectivity index (χ0n) is 11.6. The molecule has 18 heavy (non-hydrogen) atoms. The average molecular weight is 266 g/mol. The minimum atomic E-state index is 0.459. The Kier molecular flexibility index (Phi) is 5.22. The molecule has 2 nitrogen and oxygen atoms in total. The molecular formula is C15H26N2S. The molecule has 0 bridgehead atoms. The van der Waals surface area contributed by atoms with Crippen LogP contribution in [-0.4, -0.2) is 6.04 Å². The lowest BCUT2D eigenvalue weighted by Gasteiger charge is -2.32. The Labute approximate surface area is 115 Å². The van der Waals surface area contributed by atoms with Crippen LogP contribution in [0, 0.1) is 11.8 Å². The van der Waals surface area contributed by atoms with E-state index in [9.17, 15) is 0 Å². The molecule has 2 rings (SSSR count). The van der Waals surface area contributed by atoms with Gasteiger partial charge in [0.2, 0.25) is 0 Å². The summed E-state index contributed by atoms with van der Waals surface area (Å²) in [6.07, 6.45) is 7.65. The van der Waals surface area contributed by atoms with Crippen LogP contribution in [0.15, 0.2) is 12.1 Å². The number of hydrogen-bond acceptors (Lipinski definition) is 3. The van der Waals surface area contributed by atoms with Gasteiger partial charge in [-0.05, 0) is 49.7 Å². The van der Waals surface area contributed by atoms with E-state index in [1.165, 1.54) is 35.4 Å². The van der Waals surface area contributed by atoms with Crippen LogP contribution in [0.5, 0.6) is 0 Å². The summed E-state index contributed by atoms with van der Waals surface area (Å²) in [5.41, 5.74) is 3.07. The Bertz CT molecular complexity index is 353. The number of thiophene rings is 1. The van der Waals surface area contributed by atoms with Gasteiger partial charge in [0.05, 0.1) is 0 Å². The molecule has 3 N–H and O–H groups in total. The monoisotopic (exact) mass is 266 g/mol. The van der Waals surface area contributed by atoms with Crippen molar-refractivity contribution >= 4 is 11.3 Å². The number of hydrazine groups is 1. The molecular weight excluding hydrogens is 240 g/mol. The van der Waals surface area contributed by atoms with Gasteiger partial charge < -0.3 is 0 Å². The Morgan fingerprint density at radius 2 is 1.94 bits per heavy atom. The van der Waals surface area contributed by atoms with Gasteiger partial charge >= 0.3 is 0 Å². The summed E-state index contributed by atoms with van der Waals surface area (Å²) in [5.74, 6) is 7.45. The van der Waals surface area contributed by atoms with Crippen molar-refractivity contribution in [2.24, 2.45) is 17.7 Å². The van der Waals surface area contributed by atoms with Crippen LogP contribution in [0.1, 0.15) is 49.3 Å². The van der Waals surface area contributed by atoms with Crippen LogP contribution in [0.3, 0.4) is 0 Å². The molecule has 0 radical (unpaired) electrons. The van der Waals surface area contributed by atoms with Gasteiger partial charge in [0.1, 0.15) is 0 Å². The highest BCUT2D eigenvalue weighted by molar-refractivity contribution is 7.11. The number of nitrogens with one attached hydrogen (secondary N) is 1. The molecule has 0 aliphatic heterocycles. The fourth-order valence-corrected chi connectivity index (χ4v) is 4.00. The van der Waals surface area contributed by atoms with Crippen molar-refractivity contribution in [3.05, 3.63) is 21.9 Å². The van der Waals surface area contributed by atoms with E-state index < -0.39 is 0 Å². The Morgan fingerprint density at radius 3 is 2.50 bits per heavy atom. The van der Waals surface area contributed by atoms with E-state index in [1.54, 1.807) is 0 Å². The Hall–Kier alpha value is -0.380. The number of nitrogens with two attached hydrogens (primary N) is 1. The molecule has 0 saturated heterocycles. The fraction of sp³-hybridized carbons (Fsp3) is 0.733. The molecule has 1 heterocycles. The molecule has 1 saturated carbocycles. The third-order valence-corrected chi connectivity index (χ3v) is 5.58. The predicted molar refractivity (Wildman–Crippen MR) is 79.6 cm³/mol. The summed E-state index contributed by atoms with van der Waals surface area (Å²) in [4.78, 5) is 2.96. The zero-order valence-corrected chi connectivity index (χ0v) is 12.4. The third-order valence-electron chi connectivity index (χ3n) is 4.33. The molecule has 0 spiro atoms. The van der Waals surface area contributed by atoms with Crippen LogP contribution in [0.4, 0.5) is 0 Å². The molecule has 1 unspecified atom stereocenters. The maximum Gasteiger partial charge on any atom is 0.0287 e. The maximum atomic E-state index is 5.78. The van der Waals surface area contributed by atoms with Gasteiger partial charge in [-0.25, -0.2) is 0 Å². The van der Waals surface area contributed by atoms with E-state index >= 15 is 0 Å². The molecule has 1 atom stereocenters. The van der Waals surface area contributed by atoms with Crippen molar-refractivity contribution < 1.29 is 0 Å². The minimum Gasteiger partial charge on any atom is -0.271 e. The fourth-order valence-electron chi connectivity index (χ4n) is 2.99. The first-order chi connectivity index (χ1) is 8.72. The second-order valence-electron chi connectivity index (χ2n) is 5.72. The molecule has 1 aliphatic carbocycles. The molecule has 102 valence electrons. The van der Waals surface area contributed by atoms with Crippen molar-refractivity contribution in [2.75, 3.05) is 0 Å². The molecule has 1 aromatic heterocycles. The summed E-state index contributed by atoms with van der Waals surface area (Å²) in [5, 5.41) is 0. The third kappa shape index (κ3) is 3.56. The lowest BCUT2D eigenvalue weighted by Crippen LogP contribution is -2.43. The van der Waals surface area contributed by atoms with Crippen molar-refractivity contribution in [1.29, 1.82) is 0 Å². The summed E-state index contributed by atoms with van der Waals surface area (Å²) >= 11 is 1.95. The molecule has 1 fully saturated rings. The first-order valence-corrected chi connectivity index (χ1v) is 8.08. The van der Waals surface area contributed by atoms with Crippen LogP contribution >= 0.6 is 11.3 Å².